The van der Waals surface area contributed by atoms with Crippen molar-refractivity contribution in [3.8, 4) is 0 Å². The molecule has 2 bridgehead atoms. The molecule has 4 aliphatic heterocycles. The number of fused-ring (bicyclic) bond motifs is 5. The van der Waals surface area contributed by atoms with Crippen LogP contribution in [0.2, 0.25) is 5.02 Å². The van der Waals surface area contributed by atoms with Crippen molar-refractivity contribution >= 4 is 29.1 Å². The van der Waals surface area contributed by atoms with E-state index in [4.69, 9.17) is 25.8 Å². The first kappa shape index (κ1) is 14.6. The third-order valence-electron chi connectivity index (χ3n) is 5.16. The lowest BCUT2D eigenvalue weighted by Crippen LogP contribution is -2.49. The number of hydrogen-bond donors (Lipinski definition) is 0. The molecule has 24 heavy (non-hydrogen) atoms. The molecule has 1 aromatic rings. The van der Waals surface area contributed by atoms with E-state index in [9.17, 15) is 9.59 Å². The van der Waals surface area contributed by atoms with Gasteiger partial charge in [-0.25, -0.2) is 4.90 Å². The maximum atomic E-state index is 13.1. The number of anilines is 1. The molecule has 124 valence electrons. The average Bonchev–Trinajstić information content (AvgIpc) is 3.33. The number of para-hydroxylation sites is 1. The Kier molecular flexibility index (Phi) is 2.98. The number of carbonyl (C=O) groups is 2. The predicted molar refractivity (Wildman–Crippen MR) is 83.4 cm³/mol. The molecule has 0 saturated carbocycles. The van der Waals surface area contributed by atoms with Gasteiger partial charge in [0.15, 0.2) is 11.9 Å². The van der Waals surface area contributed by atoms with Crippen molar-refractivity contribution in [2.45, 2.75) is 18.0 Å². The summed E-state index contributed by atoms with van der Waals surface area (Å²) in [5.74, 6) is -1.82. The van der Waals surface area contributed by atoms with E-state index in [1.54, 1.807) is 24.3 Å². The van der Waals surface area contributed by atoms with Crippen LogP contribution in [0.15, 0.2) is 36.4 Å². The van der Waals surface area contributed by atoms with E-state index >= 15 is 0 Å². The summed E-state index contributed by atoms with van der Waals surface area (Å²) in [5.41, 5.74) is -0.624. The summed E-state index contributed by atoms with van der Waals surface area (Å²) in [5, 5.41) is 0.364. The first-order chi connectivity index (χ1) is 11.6. The number of rotatable bonds is 2. The van der Waals surface area contributed by atoms with E-state index < -0.39 is 29.8 Å². The van der Waals surface area contributed by atoms with Gasteiger partial charge in [0, 0.05) is 0 Å². The van der Waals surface area contributed by atoms with E-state index in [-0.39, 0.29) is 11.8 Å². The highest BCUT2D eigenvalue weighted by Crippen LogP contribution is 2.55. The zero-order valence-electron chi connectivity index (χ0n) is 12.6. The highest BCUT2D eigenvalue weighted by atomic mass is 35.5. The smallest absolute Gasteiger partial charge is 0.241 e. The summed E-state index contributed by atoms with van der Waals surface area (Å²) < 4.78 is 17.2. The molecule has 6 nitrogen and oxygen atoms in total. The van der Waals surface area contributed by atoms with E-state index in [2.05, 4.69) is 0 Å². The van der Waals surface area contributed by atoms with Crippen LogP contribution in [-0.4, -0.2) is 43.0 Å². The van der Waals surface area contributed by atoms with Crippen molar-refractivity contribution in [1.82, 2.24) is 0 Å². The molecule has 0 aliphatic carbocycles. The van der Waals surface area contributed by atoms with Crippen LogP contribution in [0, 0.1) is 11.8 Å². The fourth-order valence-corrected chi connectivity index (χ4v) is 4.42. The molecule has 0 N–H and O–H groups in total. The van der Waals surface area contributed by atoms with Crippen LogP contribution in [0.3, 0.4) is 0 Å². The van der Waals surface area contributed by atoms with Gasteiger partial charge in [0.2, 0.25) is 11.8 Å². The number of nitrogens with zero attached hydrogens (tertiary/aromatic N) is 1. The Balaban J connectivity index is 1.59. The first-order valence-corrected chi connectivity index (χ1v) is 8.24. The van der Waals surface area contributed by atoms with Gasteiger partial charge in [-0.1, -0.05) is 29.8 Å². The van der Waals surface area contributed by atoms with Gasteiger partial charge in [0.1, 0.15) is 0 Å². The maximum Gasteiger partial charge on any atom is 0.241 e. The number of hydrogen-bond acceptors (Lipinski definition) is 5. The highest BCUT2D eigenvalue weighted by molar-refractivity contribution is 6.36. The maximum absolute atomic E-state index is 13.1. The summed E-state index contributed by atoms with van der Waals surface area (Å²) in [4.78, 5) is 27.3. The summed E-state index contributed by atoms with van der Waals surface area (Å²) >= 11 is 6.20. The van der Waals surface area contributed by atoms with Crippen LogP contribution in [-0.2, 0) is 23.8 Å². The molecular weight excluding hydrogens is 334 g/mol. The lowest BCUT2D eigenvalue weighted by Gasteiger charge is -2.32. The zero-order chi connectivity index (χ0) is 16.5. The third-order valence-corrected chi connectivity index (χ3v) is 5.48. The molecule has 0 aromatic heterocycles. The Morgan fingerprint density at radius 1 is 1.12 bits per heavy atom. The minimum Gasteiger partial charge on any atom is -0.357 e. The van der Waals surface area contributed by atoms with Crippen LogP contribution < -0.4 is 4.90 Å². The van der Waals surface area contributed by atoms with Crippen LogP contribution >= 0.6 is 11.6 Å². The Hall–Kier alpha value is -1.73. The van der Waals surface area contributed by atoms with Gasteiger partial charge in [-0.15, -0.1) is 0 Å². The van der Waals surface area contributed by atoms with Gasteiger partial charge in [-0.05, 0) is 18.2 Å². The van der Waals surface area contributed by atoms with E-state index in [1.165, 1.54) is 4.90 Å². The third kappa shape index (κ3) is 1.66. The topological polar surface area (TPSA) is 65.1 Å². The molecule has 3 fully saturated rings. The van der Waals surface area contributed by atoms with Gasteiger partial charge in [0.05, 0.1) is 41.9 Å². The standard InChI is InChI=1S/C17H14ClNO5/c18-9-3-1-2-4-10(9)19-14(20)12-11-5-6-17(24-11,13(12)15(19)21)16-22-7-8-23-16/h1-6,11-13,16H,7-8H2/t11-,12-,13+,17-/m1/s1. The molecule has 0 spiro atoms. The fourth-order valence-electron chi connectivity index (χ4n) is 4.20. The molecule has 5 rings (SSSR count). The Morgan fingerprint density at radius 3 is 2.62 bits per heavy atom. The van der Waals surface area contributed by atoms with Crippen LogP contribution in [0.25, 0.3) is 0 Å². The number of carbonyl (C=O) groups excluding carboxylic acids is 2. The highest BCUT2D eigenvalue weighted by Gasteiger charge is 2.71. The second-order valence-corrected chi connectivity index (χ2v) is 6.74. The number of benzene rings is 1. The second-order valence-electron chi connectivity index (χ2n) is 6.34. The SMILES string of the molecule is O=C1[C@H]2[C@@H](C(=O)N1c1ccccc1Cl)[C@@]1(C3OCCO3)C=C[C@H]2O1. The van der Waals surface area contributed by atoms with Gasteiger partial charge in [0.25, 0.3) is 0 Å². The van der Waals surface area contributed by atoms with Crippen molar-refractivity contribution in [1.29, 1.82) is 0 Å². The second kappa shape index (κ2) is 4.89. The minimum atomic E-state index is -1.03. The van der Waals surface area contributed by atoms with Crippen molar-refractivity contribution in [3.05, 3.63) is 41.4 Å². The molecule has 3 saturated heterocycles. The Labute approximate surface area is 142 Å². The average molecular weight is 348 g/mol. The fraction of sp³-hybridized carbons (Fsp3) is 0.412. The van der Waals surface area contributed by atoms with Gasteiger partial charge in [-0.3, -0.25) is 9.59 Å². The summed E-state index contributed by atoms with van der Waals surface area (Å²) in [6, 6.07) is 6.84. The number of ether oxygens (including phenoxy) is 3. The lowest BCUT2D eigenvalue weighted by molar-refractivity contribution is -0.180. The quantitative estimate of drug-likeness (QED) is 0.599. The Bertz CT molecular complexity index is 774. The van der Waals surface area contributed by atoms with Crippen LogP contribution in [0.1, 0.15) is 0 Å². The van der Waals surface area contributed by atoms with Crippen LogP contribution in [0.5, 0.6) is 0 Å². The monoisotopic (exact) mass is 347 g/mol. The molecule has 0 radical (unpaired) electrons. The van der Waals surface area contributed by atoms with Gasteiger partial charge in [-0.2, -0.15) is 0 Å². The van der Waals surface area contributed by atoms with Gasteiger partial charge >= 0.3 is 0 Å². The van der Waals surface area contributed by atoms with Gasteiger partial charge < -0.3 is 14.2 Å². The van der Waals surface area contributed by atoms with E-state index in [1.807, 2.05) is 12.2 Å². The van der Waals surface area contributed by atoms with Crippen molar-refractivity contribution in [2.24, 2.45) is 11.8 Å². The van der Waals surface area contributed by atoms with Crippen molar-refractivity contribution in [2.75, 3.05) is 18.1 Å². The van der Waals surface area contributed by atoms with E-state index in [0.29, 0.717) is 23.9 Å². The molecule has 2 amide bonds. The molecule has 1 aromatic carbocycles. The molecule has 7 heteroatoms. The predicted octanol–water partition coefficient (Wildman–Crippen LogP) is 1.53. The van der Waals surface area contributed by atoms with Crippen molar-refractivity contribution < 1.29 is 23.8 Å². The molecule has 4 heterocycles. The largest absolute Gasteiger partial charge is 0.357 e. The minimum absolute atomic E-state index is 0.285. The Morgan fingerprint density at radius 2 is 1.88 bits per heavy atom. The zero-order valence-corrected chi connectivity index (χ0v) is 13.3. The molecule has 4 atom stereocenters. The number of halogens is 1. The summed E-state index contributed by atoms with van der Waals surface area (Å²) in [6.45, 7) is 0.893. The van der Waals surface area contributed by atoms with Crippen LogP contribution in [0.4, 0.5) is 5.69 Å². The molecule has 4 aliphatic rings. The number of imide groups is 1. The number of amides is 2. The molecule has 0 unspecified atom stereocenters. The first-order valence-electron chi connectivity index (χ1n) is 7.86. The normalized spacial score (nSPS) is 37.7. The molecular formula is C17H14ClNO5. The lowest BCUT2D eigenvalue weighted by atomic mass is 9.76. The summed E-state index contributed by atoms with van der Waals surface area (Å²) in [7, 11) is 0. The van der Waals surface area contributed by atoms with E-state index in [0.717, 1.165) is 0 Å². The summed E-state index contributed by atoms with van der Waals surface area (Å²) in [6.07, 6.45) is 2.53. The van der Waals surface area contributed by atoms with Crippen molar-refractivity contribution in [3.63, 3.8) is 0 Å².